The Bertz CT molecular complexity index is 1030. The summed E-state index contributed by atoms with van der Waals surface area (Å²) in [7, 11) is 2.02. The van der Waals surface area contributed by atoms with Gasteiger partial charge in [-0.15, -0.1) is 0 Å². The van der Waals surface area contributed by atoms with Crippen molar-refractivity contribution in [2.24, 2.45) is 5.10 Å². The van der Waals surface area contributed by atoms with Gasteiger partial charge < -0.3 is 9.47 Å². The van der Waals surface area contributed by atoms with E-state index in [2.05, 4.69) is 10.0 Å². The summed E-state index contributed by atoms with van der Waals surface area (Å²) in [6.07, 6.45) is 6.49. The summed E-state index contributed by atoms with van der Waals surface area (Å²) in [5.74, 6) is 1.01. The molecule has 1 unspecified atom stereocenters. The SMILES string of the molecule is CN(CC(=O)N1N=C(c2cccc(F)c2)CC1c1ccc2c(c1)OCO2)C1CCCCC1. The quantitative estimate of drug-likeness (QED) is 0.691. The van der Waals surface area contributed by atoms with Crippen molar-refractivity contribution in [1.29, 1.82) is 0 Å². The number of ether oxygens (including phenoxy) is 2. The Hall–Kier alpha value is -2.93. The zero-order valence-corrected chi connectivity index (χ0v) is 18.3. The number of fused-ring (bicyclic) bond motifs is 1. The van der Waals surface area contributed by atoms with E-state index in [1.807, 2.05) is 31.3 Å². The highest BCUT2D eigenvalue weighted by atomic mass is 19.1. The first-order valence-corrected chi connectivity index (χ1v) is 11.3. The molecule has 2 aromatic carbocycles. The Morgan fingerprint density at radius 3 is 2.75 bits per heavy atom. The fourth-order valence-electron chi connectivity index (χ4n) is 4.90. The number of benzene rings is 2. The summed E-state index contributed by atoms with van der Waals surface area (Å²) in [5.41, 5.74) is 2.34. The molecule has 5 rings (SSSR count). The van der Waals surface area contributed by atoms with Crippen molar-refractivity contribution in [3.05, 3.63) is 59.4 Å². The zero-order valence-electron chi connectivity index (χ0n) is 18.3. The van der Waals surface area contributed by atoms with Crippen molar-refractivity contribution in [2.75, 3.05) is 20.4 Å². The van der Waals surface area contributed by atoms with Crippen LogP contribution in [0.1, 0.15) is 55.7 Å². The van der Waals surface area contributed by atoms with E-state index < -0.39 is 0 Å². The number of hydrogen-bond donors (Lipinski definition) is 0. The molecule has 1 saturated carbocycles. The summed E-state index contributed by atoms with van der Waals surface area (Å²) in [4.78, 5) is 15.6. The minimum atomic E-state index is -0.313. The van der Waals surface area contributed by atoms with Crippen LogP contribution in [0.5, 0.6) is 11.5 Å². The molecule has 0 N–H and O–H groups in total. The molecule has 0 aromatic heterocycles. The second-order valence-corrected chi connectivity index (χ2v) is 8.83. The van der Waals surface area contributed by atoms with E-state index in [-0.39, 0.29) is 24.6 Å². The van der Waals surface area contributed by atoms with Crippen LogP contribution in [0.3, 0.4) is 0 Å². The normalized spacial score (nSPS) is 20.7. The highest BCUT2D eigenvalue weighted by Gasteiger charge is 2.35. The Morgan fingerprint density at radius 1 is 1.12 bits per heavy atom. The molecule has 6 nitrogen and oxygen atoms in total. The maximum absolute atomic E-state index is 13.9. The Balaban J connectivity index is 1.41. The van der Waals surface area contributed by atoms with Crippen LogP contribution in [-0.2, 0) is 4.79 Å². The largest absolute Gasteiger partial charge is 0.454 e. The van der Waals surface area contributed by atoms with Gasteiger partial charge in [0, 0.05) is 18.0 Å². The number of amides is 1. The van der Waals surface area contributed by atoms with E-state index in [4.69, 9.17) is 9.47 Å². The molecule has 32 heavy (non-hydrogen) atoms. The molecule has 1 amide bonds. The lowest BCUT2D eigenvalue weighted by molar-refractivity contribution is -0.134. The molecule has 0 radical (unpaired) electrons. The monoisotopic (exact) mass is 437 g/mol. The number of halogens is 1. The molecule has 3 aliphatic rings. The highest BCUT2D eigenvalue weighted by molar-refractivity contribution is 6.03. The molecular weight excluding hydrogens is 409 g/mol. The molecule has 1 aliphatic carbocycles. The van der Waals surface area contributed by atoms with E-state index in [1.165, 1.54) is 31.4 Å². The number of hydrogen-bond acceptors (Lipinski definition) is 5. The van der Waals surface area contributed by atoms with Gasteiger partial charge in [-0.05, 0) is 49.7 Å². The van der Waals surface area contributed by atoms with Crippen LogP contribution in [0.25, 0.3) is 0 Å². The number of rotatable bonds is 5. The molecular formula is C25H28FN3O3. The van der Waals surface area contributed by atoms with Crippen LogP contribution >= 0.6 is 0 Å². The van der Waals surface area contributed by atoms with Gasteiger partial charge in [0.2, 0.25) is 6.79 Å². The van der Waals surface area contributed by atoms with Gasteiger partial charge in [-0.1, -0.05) is 37.5 Å². The fourth-order valence-corrected chi connectivity index (χ4v) is 4.90. The molecule has 2 aromatic rings. The van der Waals surface area contributed by atoms with E-state index in [9.17, 15) is 9.18 Å². The lowest BCUT2D eigenvalue weighted by Gasteiger charge is -2.32. The molecule has 7 heteroatoms. The van der Waals surface area contributed by atoms with Gasteiger partial charge in [-0.2, -0.15) is 5.10 Å². The molecule has 1 atom stereocenters. The molecule has 0 spiro atoms. The summed E-state index contributed by atoms with van der Waals surface area (Å²) >= 11 is 0. The molecule has 0 saturated heterocycles. The molecule has 0 bridgehead atoms. The van der Waals surface area contributed by atoms with Gasteiger partial charge >= 0.3 is 0 Å². The van der Waals surface area contributed by atoms with Gasteiger partial charge in [0.25, 0.3) is 5.91 Å². The standard InChI is InChI=1S/C25H28FN3O3/c1-28(20-8-3-2-4-9-20)15-25(30)29-22(18-10-11-23-24(13-18)32-16-31-23)14-21(27-29)17-6-5-7-19(26)12-17/h5-7,10-13,20,22H,2-4,8-9,14-16H2,1H3. The maximum atomic E-state index is 13.9. The summed E-state index contributed by atoms with van der Waals surface area (Å²) in [5, 5.41) is 6.26. The van der Waals surface area contributed by atoms with Crippen LogP contribution in [0.2, 0.25) is 0 Å². The van der Waals surface area contributed by atoms with Crippen molar-refractivity contribution in [3.8, 4) is 11.5 Å². The predicted octanol–water partition coefficient (Wildman–Crippen LogP) is 4.50. The molecule has 2 aliphatic heterocycles. The number of carbonyl (C=O) groups is 1. The van der Waals surface area contributed by atoms with Crippen molar-refractivity contribution in [1.82, 2.24) is 9.91 Å². The van der Waals surface area contributed by atoms with E-state index in [1.54, 1.807) is 11.1 Å². The lowest BCUT2D eigenvalue weighted by Crippen LogP contribution is -2.41. The summed E-state index contributed by atoms with van der Waals surface area (Å²) in [6.45, 7) is 0.509. The van der Waals surface area contributed by atoms with Crippen LogP contribution in [0.15, 0.2) is 47.6 Å². The zero-order chi connectivity index (χ0) is 22.1. The predicted molar refractivity (Wildman–Crippen MR) is 119 cm³/mol. The van der Waals surface area contributed by atoms with Gasteiger partial charge in [0.15, 0.2) is 11.5 Å². The minimum absolute atomic E-state index is 0.0489. The van der Waals surface area contributed by atoms with Crippen LogP contribution in [-0.4, -0.2) is 48.0 Å². The first-order chi connectivity index (χ1) is 15.6. The fraction of sp³-hybridized carbons (Fsp3) is 0.440. The van der Waals surface area contributed by atoms with Crippen molar-refractivity contribution in [2.45, 2.75) is 50.6 Å². The van der Waals surface area contributed by atoms with Crippen molar-refractivity contribution >= 4 is 11.6 Å². The minimum Gasteiger partial charge on any atom is -0.454 e. The van der Waals surface area contributed by atoms with Gasteiger partial charge in [-0.3, -0.25) is 9.69 Å². The number of likely N-dealkylation sites (N-methyl/N-ethyl adjacent to an activating group) is 1. The Morgan fingerprint density at radius 2 is 1.94 bits per heavy atom. The smallest absolute Gasteiger partial charge is 0.257 e. The third-order valence-corrected chi connectivity index (χ3v) is 6.69. The number of nitrogens with zero attached hydrogens (tertiary/aromatic N) is 3. The van der Waals surface area contributed by atoms with Crippen LogP contribution in [0.4, 0.5) is 4.39 Å². The average molecular weight is 438 g/mol. The first-order valence-electron chi connectivity index (χ1n) is 11.3. The van der Waals surface area contributed by atoms with E-state index >= 15 is 0 Å². The van der Waals surface area contributed by atoms with Crippen molar-refractivity contribution < 1.29 is 18.7 Å². The van der Waals surface area contributed by atoms with E-state index in [0.717, 1.165) is 18.4 Å². The Kier molecular flexibility index (Phi) is 5.83. The second-order valence-electron chi connectivity index (χ2n) is 8.83. The summed E-state index contributed by atoms with van der Waals surface area (Å²) < 4.78 is 24.8. The third-order valence-electron chi connectivity index (χ3n) is 6.69. The maximum Gasteiger partial charge on any atom is 0.257 e. The van der Waals surface area contributed by atoms with Gasteiger partial charge in [0.1, 0.15) is 5.82 Å². The third kappa shape index (κ3) is 4.21. The van der Waals surface area contributed by atoms with Crippen molar-refractivity contribution in [3.63, 3.8) is 0 Å². The second kappa shape index (κ2) is 8.90. The molecule has 1 fully saturated rings. The van der Waals surface area contributed by atoms with Crippen LogP contribution in [0, 0.1) is 5.82 Å². The van der Waals surface area contributed by atoms with Crippen LogP contribution < -0.4 is 9.47 Å². The Labute approximate surface area is 187 Å². The first kappa shape index (κ1) is 20.9. The number of hydrazone groups is 1. The topological polar surface area (TPSA) is 54.4 Å². The van der Waals surface area contributed by atoms with Gasteiger partial charge in [0.05, 0.1) is 18.3 Å². The summed E-state index contributed by atoms with van der Waals surface area (Å²) in [6, 6.07) is 12.3. The molecule has 2 heterocycles. The van der Waals surface area contributed by atoms with Gasteiger partial charge in [-0.25, -0.2) is 9.40 Å². The average Bonchev–Trinajstić information content (AvgIpc) is 3.46. The number of carbonyl (C=O) groups excluding carboxylic acids is 1. The molecule has 168 valence electrons. The lowest BCUT2D eigenvalue weighted by atomic mass is 9.94. The van der Waals surface area contributed by atoms with E-state index in [0.29, 0.717) is 41.8 Å². The highest BCUT2D eigenvalue weighted by Crippen LogP contribution is 2.39.